The summed E-state index contributed by atoms with van der Waals surface area (Å²) in [5.41, 5.74) is -2.15. The quantitative estimate of drug-likeness (QED) is 0.0299. The first kappa shape index (κ1) is 104. The maximum absolute atomic E-state index is 14.5. The largest absolute Gasteiger partial charge is 0.494 e. The third-order valence-electron chi connectivity index (χ3n) is 26.8. The number of hydrogen-bond acceptors (Lipinski definition) is 11. The van der Waals surface area contributed by atoms with Crippen molar-refractivity contribution in [3.63, 3.8) is 0 Å². The van der Waals surface area contributed by atoms with E-state index in [-0.39, 0.29) is 62.4 Å². The Hall–Kier alpha value is -4.71. The van der Waals surface area contributed by atoms with Crippen LogP contribution in [-0.2, 0) is 20.3 Å². The van der Waals surface area contributed by atoms with Crippen LogP contribution in [0.5, 0.6) is 23.0 Å². The first-order valence-corrected chi connectivity index (χ1v) is 46.9. The van der Waals surface area contributed by atoms with Crippen molar-refractivity contribution in [1.82, 2.24) is 0 Å². The zero-order valence-electron chi connectivity index (χ0n) is 71.8. The molecule has 0 saturated heterocycles. The zero-order chi connectivity index (χ0) is 88.0. The summed E-state index contributed by atoms with van der Waals surface area (Å²) >= 11 is 24.3. The molecule has 8 fully saturated rings. The number of alkyl halides is 6. The second-order valence-electron chi connectivity index (χ2n) is 34.2. The monoisotopic (exact) mass is 1800 g/mol. The van der Waals surface area contributed by atoms with Gasteiger partial charge in [-0.15, -0.1) is 46.4 Å². The molecule has 8 aliphatic carbocycles. The number of aliphatic hydroxyl groups excluding tert-OH is 1. The van der Waals surface area contributed by atoms with Crippen LogP contribution < -0.4 is 18.9 Å². The highest BCUT2D eigenvalue weighted by Crippen LogP contribution is 2.48. The van der Waals surface area contributed by atoms with Gasteiger partial charge >= 0.3 is 18.0 Å². The Morgan fingerprint density at radius 2 is 0.608 bits per heavy atom. The minimum atomic E-state index is -3.87. The number of carboxylic acid groups (broad SMARTS) is 1. The number of ether oxygens (including phenoxy) is 7. The van der Waals surface area contributed by atoms with Crippen molar-refractivity contribution in [2.75, 3.05) is 39.1 Å². The molecule has 8 saturated carbocycles. The van der Waals surface area contributed by atoms with Gasteiger partial charge in [0.15, 0.2) is 51.3 Å². The van der Waals surface area contributed by atoms with E-state index >= 15 is 0 Å². The summed E-state index contributed by atoms with van der Waals surface area (Å²) in [6, 6.07) is 9.12. The molecule has 0 aliphatic heterocycles. The fraction of sp³-hybridized carbons (Fsp3) is 0.713. The molecular weight excluding hydrogens is 1670 g/mol. The number of carbonyl (C=O) groups is 2. The smallest absolute Gasteiger partial charge is 0.386 e. The van der Waals surface area contributed by atoms with Crippen molar-refractivity contribution in [1.29, 1.82) is 0 Å². The lowest BCUT2D eigenvalue weighted by Gasteiger charge is -2.38. The first-order valence-electron chi connectivity index (χ1n) is 44.3. The number of methoxy groups -OCH3 is 4. The molecule has 12 rings (SSSR count). The summed E-state index contributed by atoms with van der Waals surface area (Å²) in [7, 11) is 4.88. The number of aliphatic hydroxyl groups is 1. The summed E-state index contributed by atoms with van der Waals surface area (Å²) in [6.45, 7) is 9.09. The van der Waals surface area contributed by atoms with E-state index < -0.39 is 87.6 Å². The Morgan fingerprint density at radius 1 is 0.358 bits per heavy atom. The fourth-order valence-electron chi connectivity index (χ4n) is 20.2. The summed E-state index contributed by atoms with van der Waals surface area (Å²) < 4.78 is 174. The van der Waals surface area contributed by atoms with Crippen LogP contribution in [0.4, 0.5) is 43.9 Å². The standard InChI is InChI=1S/C23H32F4O2.C23H32F2O3.C23H32F2O2S.C15H28O.C8H6F2O3.2CH2Cl2/c1-3-4-15-5-7-16(8-6-15)17-9-11-18(12-10-17)29-23(26,27)19-13-14-20(28-2)22(25)21(19)24;1-3-4-15-5-7-16(8-6-15)17-9-11-18(12-10-17)28-23(26)19-13-14-20(27-2)22(25)21(19)24;1-3-4-15-5-7-16(8-6-15)17-9-11-18(12-10-17)27-23(28)19-13-14-20(26-2)22(25)21(19)24;1-2-3-12-4-6-13(7-5-12)14-8-10-15(16)11-9-14;1-13-5-3-2-4(8(11)12)6(9)7(5)10;2*2-1-3/h13-18H,3-12H2,1-2H3;2*13-18H,3-12H2,1-2H3;12-16H,2-11H2,1H3;2-3H,1H3,(H,11,12);2*1H2. The molecule has 0 radical (unpaired) electrons. The molecule has 680 valence electrons. The molecule has 11 nitrogen and oxygen atoms in total. The molecule has 2 N–H and O–H groups in total. The van der Waals surface area contributed by atoms with Crippen LogP contribution in [0.3, 0.4) is 0 Å². The molecule has 4 aromatic rings. The molecule has 0 unspecified atom stereocenters. The predicted molar refractivity (Wildman–Crippen MR) is 462 cm³/mol. The number of carbonyl (C=O) groups excluding carboxylic acids is 1. The summed E-state index contributed by atoms with van der Waals surface area (Å²) in [5.74, 6) is -3.37. The predicted octanol–water partition coefficient (Wildman–Crippen LogP) is 29.0. The third kappa shape index (κ3) is 32.3. The van der Waals surface area contributed by atoms with Crippen LogP contribution >= 0.6 is 58.6 Å². The molecule has 0 amide bonds. The highest BCUT2D eigenvalue weighted by molar-refractivity contribution is 7.80. The van der Waals surface area contributed by atoms with Gasteiger partial charge in [0.2, 0.25) is 23.3 Å². The normalized spacial score (nSPS) is 26.7. The van der Waals surface area contributed by atoms with E-state index in [1.54, 1.807) is 0 Å². The van der Waals surface area contributed by atoms with Gasteiger partial charge in [-0.2, -0.15) is 26.3 Å². The second kappa shape index (κ2) is 55.0. The summed E-state index contributed by atoms with van der Waals surface area (Å²) in [5, 5.41) is 18.4. The highest BCUT2D eigenvalue weighted by Gasteiger charge is 2.43. The van der Waals surface area contributed by atoms with Crippen molar-refractivity contribution >= 4 is 75.6 Å². The van der Waals surface area contributed by atoms with Gasteiger partial charge in [0.1, 0.15) is 6.10 Å². The van der Waals surface area contributed by atoms with Gasteiger partial charge in [-0.3, -0.25) is 0 Å². The lowest BCUT2D eigenvalue weighted by atomic mass is 9.70. The molecule has 8 aliphatic rings. The number of halogens is 14. The average molecular weight is 1800 g/mol. The molecule has 0 spiro atoms. The van der Waals surface area contributed by atoms with Gasteiger partial charge < -0.3 is 43.4 Å². The van der Waals surface area contributed by atoms with E-state index in [1.807, 2.05) is 0 Å². The van der Waals surface area contributed by atoms with E-state index in [2.05, 4.69) is 37.2 Å². The minimum absolute atomic E-state index is 0.00432. The van der Waals surface area contributed by atoms with E-state index in [0.29, 0.717) is 30.6 Å². The van der Waals surface area contributed by atoms with E-state index in [4.69, 9.17) is 87.4 Å². The SMILES string of the molecule is CCCC1CCC(C2CCC(O)CC2)CC1.CCCC1CCC(C2CCC(OC(=O)c3ccc(OC)c(F)c3F)CC2)CC1.CCCC1CCC(C2CCC(OC(=S)c3ccc(OC)c(F)c3F)CC2)CC1.CCCC1CCC(C2CCC(OC(F)(F)c3ccc(OC)c(F)c3F)CC2)CC1.COc1ccc(C(=O)O)c(F)c1F.ClCCl.ClCCl. The van der Waals surface area contributed by atoms with Crippen LogP contribution in [0.2, 0.25) is 0 Å². The van der Waals surface area contributed by atoms with Gasteiger partial charge in [-0.1, -0.05) is 130 Å². The van der Waals surface area contributed by atoms with Gasteiger partial charge in [-0.25, -0.2) is 27.2 Å². The molecular formula is C94H134Cl4F10O11S. The summed E-state index contributed by atoms with van der Waals surface area (Å²) in [4.78, 5) is 22.6. The van der Waals surface area contributed by atoms with Crippen molar-refractivity contribution in [2.24, 2.45) is 71.0 Å². The number of thiocarbonyl (C=S) groups is 1. The molecule has 0 aromatic heterocycles. The Bertz CT molecular complexity index is 3500. The number of benzene rings is 4. The van der Waals surface area contributed by atoms with Gasteiger partial charge in [0, 0.05) is 0 Å². The van der Waals surface area contributed by atoms with Crippen molar-refractivity contribution in [2.45, 2.75) is 315 Å². The second-order valence-corrected chi connectivity index (χ2v) is 36.2. The number of hydrogen-bond donors (Lipinski definition) is 2. The minimum Gasteiger partial charge on any atom is -0.494 e. The third-order valence-corrected chi connectivity index (χ3v) is 27.1. The van der Waals surface area contributed by atoms with Crippen LogP contribution in [0, 0.1) is 118 Å². The molecule has 0 atom stereocenters. The van der Waals surface area contributed by atoms with Crippen molar-refractivity contribution in [3.8, 4) is 23.0 Å². The molecule has 120 heavy (non-hydrogen) atoms. The molecule has 0 bridgehead atoms. The van der Waals surface area contributed by atoms with Crippen LogP contribution in [0.15, 0.2) is 48.5 Å². The van der Waals surface area contributed by atoms with Gasteiger partial charge in [-0.05, 0) is 286 Å². The summed E-state index contributed by atoms with van der Waals surface area (Å²) in [6.07, 6.45) is 43.3. The number of aromatic carboxylic acids is 1. The molecule has 4 aromatic carbocycles. The lowest BCUT2D eigenvalue weighted by Crippen LogP contribution is -2.33. The Balaban J connectivity index is 0.000000234. The van der Waals surface area contributed by atoms with E-state index in [0.717, 1.165) is 169 Å². The average Bonchev–Trinajstić information content (AvgIpc) is 0.784. The highest BCUT2D eigenvalue weighted by atomic mass is 35.5. The maximum atomic E-state index is 14.5. The van der Waals surface area contributed by atoms with E-state index in [1.165, 1.54) is 205 Å². The first-order chi connectivity index (χ1) is 57.6. The molecule has 0 heterocycles. The Kier molecular flexibility index (Phi) is 47.7. The van der Waals surface area contributed by atoms with Crippen LogP contribution in [0.25, 0.3) is 0 Å². The number of carboxylic acids is 1. The topological polar surface area (TPSA) is 139 Å². The van der Waals surface area contributed by atoms with Gasteiger partial charge in [0.25, 0.3) is 0 Å². The molecule has 26 heteroatoms. The van der Waals surface area contributed by atoms with Crippen LogP contribution in [0.1, 0.15) is 316 Å². The Morgan fingerprint density at radius 3 is 0.917 bits per heavy atom. The Labute approximate surface area is 733 Å². The lowest BCUT2D eigenvalue weighted by molar-refractivity contribution is -0.280. The zero-order valence-corrected chi connectivity index (χ0v) is 75.7. The maximum Gasteiger partial charge on any atom is 0.386 e. The van der Waals surface area contributed by atoms with Gasteiger partial charge in [0.05, 0.1) is 79.7 Å². The fourth-order valence-corrected chi connectivity index (χ4v) is 20.5. The number of rotatable bonds is 24. The van der Waals surface area contributed by atoms with Crippen molar-refractivity contribution < 1.29 is 96.9 Å². The van der Waals surface area contributed by atoms with E-state index in [9.17, 15) is 58.6 Å². The van der Waals surface area contributed by atoms with Crippen LogP contribution in [-0.4, -0.2) is 90.7 Å². The number of esters is 1. The van der Waals surface area contributed by atoms with Crippen molar-refractivity contribution in [3.05, 3.63) is 117 Å².